The first-order valence-electron chi connectivity index (χ1n) is 13.7. The van der Waals surface area contributed by atoms with E-state index >= 15 is 0 Å². The van der Waals surface area contributed by atoms with Crippen molar-refractivity contribution in [2.45, 2.75) is 56.2 Å². The fraction of sp³-hybridized carbons (Fsp3) is 0.517. The fourth-order valence-corrected chi connectivity index (χ4v) is 6.23. The summed E-state index contributed by atoms with van der Waals surface area (Å²) in [6, 6.07) is 12.5. The molecule has 3 aliphatic rings. The van der Waals surface area contributed by atoms with Gasteiger partial charge in [-0.15, -0.1) is 0 Å². The van der Waals surface area contributed by atoms with Crippen LogP contribution in [0.2, 0.25) is 10.0 Å². The van der Waals surface area contributed by atoms with Crippen molar-refractivity contribution >= 4 is 54.2 Å². The van der Waals surface area contributed by atoms with Crippen molar-refractivity contribution in [2.75, 3.05) is 44.6 Å². The van der Waals surface area contributed by atoms with Gasteiger partial charge in [0.25, 0.3) is 17.7 Å². The molecule has 0 radical (unpaired) electrons. The maximum absolute atomic E-state index is 13.4. The molecule has 3 fully saturated rings. The Bertz CT molecular complexity index is 1260. The zero-order valence-electron chi connectivity index (χ0n) is 22.9. The summed E-state index contributed by atoms with van der Waals surface area (Å²) in [5.74, 6) is -3.34. The first-order valence-corrected chi connectivity index (χ1v) is 14.4. The number of halogens is 4. The second-order valence-corrected chi connectivity index (χ2v) is 12.1. The van der Waals surface area contributed by atoms with Crippen LogP contribution in [-0.2, 0) is 10.4 Å². The van der Waals surface area contributed by atoms with Gasteiger partial charge in [-0.3, -0.25) is 14.5 Å². The first kappa shape index (κ1) is 31.8. The molecule has 0 spiro atoms. The minimum Gasteiger partial charge on any atom is -0.380 e. The Balaban J connectivity index is 0.00000387. The molecule has 3 saturated heterocycles. The van der Waals surface area contributed by atoms with Gasteiger partial charge >= 0.3 is 0 Å². The Morgan fingerprint density at radius 3 is 2.27 bits per heavy atom. The van der Waals surface area contributed by atoms with Crippen LogP contribution in [0, 0.1) is 0 Å². The fourth-order valence-electron chi connectivity index (χ4n) is 5.78. The third kappa shape index (κ3) is 7.10. The Morgan fingerprint density at radius 1 is 1.00 bits per heavy atom. The van der Waals surface area contributed by atoms with Crippen molar-refractivity contribution < 1.29 is 23.5 Å². The quantitative estimate of drug-likeness (QED) is 0.472. The molecule has 0 bridgehead atoms. The van der Waals surface area contributed by atoms with Crippen LogP contribution in [-0.4, -0.2) is 88.9 Å². The van der Waals surface area contributed by atoms with E-state index in [0.29, 0.717) is 40.3 Å². The number of nitrogens with one attached hydrogen (secondary N) is 1. The summed E-state index contributed by atoms with van der Waals surface area (Å²) in [4.78, 5) is 31.4. The first-order chi connectivity index (χ1) is 18.9. The summed E-state index contributed by atoms with van der Waals surface area (Å²) in [6.07, 6.45) is 1.00. The molecule has 41 heavy (non-hydrogen) atoms. The van der Waals surface area contributed by atoms with Crippen LogP contribution in [0.3, 0.4) is 0 Å². The van der Waals surface area contributed by atoms with E-state index in [4.69, 9.17) is 23.2 Å². The number of carbonyl (C=O) groups is 2. The number of nitrogens with zero attached hydrogens (tertiary/aromatic N) is 3. The van der Waals surface area contributed by atoms with Crippen molar-refractivity contribution in [2.24, 2.45) is 0 Å². The van der Waals surface area contributed by atoms with Gasteiger partial charge in [-0.2, -0.15) is 13.5 Å². The molecule has 2 N–H and O–H groups in total. The monoisotopic (exact) mass is 628 g/mol. The Labute approximate surface area is 256 Å². The number of aliphatic hydroxyl groups is 1. The van der Waals surface area contributed by atoms with Gasteiger partial charge in [0.05, 0.1) is 16.6 Å². The van der Waals surface area contributed by atoms with E-state index in [9.17, 15) is 23.5 Å². The Morgan fingerprint density at radius 2 is 1.66 bits per heavy atom. The van der Waals surface area contributed by atoms with Crippen LogP contribution in [0.5, 0.6) is 0 Å². The molecule has 2 aromatic carbocycles. The average molecular weight is 630 g/mol. The number of anilines is 1. The standard InChI is InChI=1S/C29H34Cl2F2N4O3.H2S/c1-28(40,19-3-2-4-20(30)15-19)27(39)36-11-7-23(8-12-36)37-17-22(18-37)34-21-5-6-24(25(31)16-21)26(38)35-13-9-29(32,33)10-14-35;/h2-6,15-16,22-23,34,40H,7-14,17-18H2,1H3;1H2/t28-;/m0./s1. The number of carbonyl (C=O) groups excluding carboxylic acids is 2. The lowest BCUT2D eigenvalue weighted by Crippen LogP contribution is -2.61. The second-order valence-electron chi connectivity index (χ2n) is 11.2. The molecule has 0 aromatic heterocycles. The molecule has 2 amide bonds. The third-order valence-electron chi connectivity index (χ3n) is 8.33. The lowest BCUT2D eigenvalue weighted by Gasteiger charge is -2.48. The minimum absolute atomic E-state index is 0. The molecule has 3 heterocycles. The number of benzene rings is 2. The summed E-state index contributed by atoms with van der Waals surface area (Å²) in [5, 5.41) is 15.2. The van der Waals surface area contributed by atoms with Gasteiger partial charge in [-0.05, 0) is 55.7 Å². The zero-order chi connectivity index (χ0) is 28.7. The predicted molar refractivity (Wildman–Crippen MR) is 162 cm³/mol. The summed E-state index contributed by atoms with van der Waals surface area (Å²) in [7, 11) is 0. The van der Waals surface area contributed by atoms with Crippen LogP contribution in [0.4, 0.5) is 14.5 Å². The molecule has 7 nitrogen and oxygen atoms in total. The van der Waals surface area contributed by atoms with Gasteiger partial charge in [0.2, 0.25) is 0 Å². The number of hydrogen-bond donors (Lipinski definition) is 2. The zero-order valence-corrected chi connectivity index (χ0v) is 25.4. The number of hydrogen-bond acceptors (Lipinski definition) is 5. The van der Waals surface area contributed by atoms with E-state index in [2.05, 4.69) is 10.2 Å². The van der Waals surface area contributed by atoms with Gasteiger partial charge in [0.15, 0.2) is 5.60 Å². The third-order valence-corrected chi connectivity index (χ3v) is 8.88. The van der Waals surface area contributed by atoms with E-state index in [0.717, 1.165) is 31.6 Å². The molecule has 0 unspecified atom stereocenters. The Hall–Kier alpha value is -2.11. The summed E-state index contributed by atoms with van der Waals surface area (Å²) in [5.41, 5.74) is -0.0197. The molecule has 2 aromatic rings. The summed E-state index contributed by atoms with van der Waals surface area (Å²) < 4.78 is 26.9. The van der Waals surface area contributed by atoms with Crippen LogP contribution >= 0.6 is 36.7 Å². The maximum atomic E-state index is 13.4. The van der Waals surface area contributed by atoms with Gasteiger partial charge in [-0.1, -0.05) is 35.3 Å². The number of amides is 2. The molecular formula is C29H36Cl2F2N4O3S. The van der Waals surface area contributed by atoms with Crippen molar-refractivity contribution in [1.82, 2.24) is 14.7 Å². The highest BCUT2D eigenvalue weighted by molar-refractivity contribution is 7.59. The molecule has 5 rings (SSSR count). The van der Waals surface area contributed by atoms with Gasteiger partial charge < -0.3 is 20.2 Å². The largest absolute Gasteiger partial charge is 0.380 e. The number of likely N-dealkylation sites (tertiary alicyclic amines) is 3. The van der Waals surface area contributed by atoms with E-state index in [1.54, 1.807) is 47.4 Å². The Kier molecular flexibility index (Phi) is 9.80. The molecule has 3 aliphatic heterocycles. The smallest absolute Gasteiger partial charge is 0.258 e. The molecule has 1 atom stereocenters. The average Bonchev–Trinajstić information content (AvgIpc) is 2.90. The van der Waals surface area contributed by atoms with Crippen molar-refractivity contribution in [3.63, 3.8) is 0 Å². The summed E-state index contributed by atoms with van der Waals surface area (Å²) >= 11 is 12.5. The van der Waals surface area contributed by atoms with E-state index in [-0.39, 0.29) is 57.3 Å². The lowest BCUT2D eigenvalue weighted by atomic mass is 9.92. The molecule has 12 heteroatoms. The van der Waals surface area contributed by atoms with Crippen molar-refractivity contribution in [1.29, 1.82) is 0 Å². The maximum Gasteiger partial charge on any atom is 0.258 e. The van der Waals surface area contributed by atoms with Crippen molar-refractivity contribution in [3.8, 4) is 0 Å². The van der Waals surface area contributed by atoms with Gasteiger partial charge in [0.1, 0.15) is 0 Å². The lowest BCUT2D eigenvalue weighted by molar-refractivity contribution is -0.152. The topological polar surface area (TPSA) is 76.1 Å². The minimum atomic E-state index is -2.71. The second kappa shape index (κ2) is 12.6. The molecular weight excluding hydrogens is 593 g/mol. The van der Waals surface area contributed by atoms with E-state index < -0.39 is 11.5 Å². The summed E-state index contributed by atoms with van der Waals surface area (Å²) in [6.45, 7) is 4.41. The van der Waals surface area contributed by atoms with Gasteiger partial charge in [0, 0.05) is 68.9 Å². The highest BCUT2D eigenvalue weighted by Crippen LogP contribution is 2.32. The van der Waals surface area contributed by atoms with Crippen LogP contribution < -0.4 is 5.32 Å². The van der Waals surface area contributed by atoms with Crippen molar-refractivity contribution in [3.05, 3.63) is 63.6 Å². The normalized spacial score (nSPS) is 21.4. The predicted octanol–water partition coefficient (Wildman–Crippen LogP) is 4.97. The van der Waals surface area contributed by atoms with Crippen LogP contribution in [0.1, 0.15) is 48.5 Å². The van der Waals surface area contributed by atoms with Gasteiger partial charge in [-0.25, -0.2) is 8.78 Å². The highest BCUT2D eigenvalue weighted by Gasteiger charge is 2.40. The van der Waals surface area contributed by atoms with E-state index in [1.165, 1.54) is 11.8 Å². The number of alkyl halides is 2. The molecule has 224 valence electrons. The van der Waals surface area contributed by atoms with Crippen LogP contribution in [0.15, 0.2) is 42.5 Å². The highest BCUT2D eigenvalue weighted by atomic mass is 35.5. The number of piperidine rings is 2. The van der Waals surface area contributed by atoms with Crippen LogP contribution in [0.25, 0.3) is 0 Å². The SMILES string of the molecule is C[C@@](O)(C(=O)N1CCC(N2CC(Nc3ccc(C(=O)N4CCC(F)(F)CC4)c(Cl)c3)C2)CC1)c1cccc(Cl)c1.S. The van der Waals surface area contributed by atoms with E-state index in [1.807, 2.05) is 0 Å². The molecule has 0 aliphatic carbocycles. The number of rotatable bonds is 6. The molecule has 0 saturated carbocycles.